The summed E-state index contributed by atoms with van der Waals surface area (Å²) in [7, 11) is -3.73. The molecule has 7 heteroatoms. The first-order valence-electron chi connectivity index (χ1n) is 7.48. The molecule has 2 aromatic carbocycles. The van der Waals surface area contributed by atoms with E-state index in [1.165, 1.54) is 17.8 Å². The molecule has 1 heterocycles. The van der Waals surface area contributed by atoms with Gasteiger partial charge in [-0.3, -0.25) is 9.52 Å². The Hall–Kier alpha value is -1.99. The third kappa shape index (κ3) is 3.27. The Morgan fingerprint density at radius 2 is 1.88 bits per heavy atom. The lowest BCUT2D eigenvalue weighted by atomic mass is 10.1. The van der Waals surface area contributed by atoms with Crippen molar-refractivity contribution in [3.63, 3.8) is 0 Å². The fourth-order valence-electron chi connectivity index (χ4n) is 2.40. The summed E-state index contributed by atoms with van der Waals surface area (Å²) in [6.07, 6.45) is 0. The van der Waals surface area contributed by atoms with E-state index < -0.39 is 10.0 Å². The number of anilines is 2. The first kappa shape index (κ1) is 16.9. The van der Waals surface area contributed by atoms with E-state index in [1.54, 1.807) is 18.2 Å². The first-order valence-corrected chi connectivity index (χ1v) is 9.84. The first-order chi connectivity index (χ1) is 11.3. The summed E-state index contributed by atoms with van der Waals surface area (Å²) in [4.78, 5) is 12.8. The Kier molecular flexibility index (Phi) is 4.31. The summed E-state index contributed by atoms with van der Waals surface area (Å²) in [5.74, 6) is -0.121. The minimum atomic E-state index is -3.73. The van der Waals surface area contributed by atoms with Crippen molar-refractivity contribution in [1.82, 2.24) is 0 Å². The number of carbonyl (C=O) groups is 1. The lowest BCUT2D eigenvalue weighted by Gasteiger charge is -2.22. The molecule has 1 aliphatic heterocycles. The van der Waals surface area contributed by atoms with Crippen LogP contribution in [0, 0.1) is 13.8 Å². The normalized spacial score (nSPS) is 17.1. The number of benzene rings is 2. The van der Waals surface area contributed by atoms with E-state index >= 15 is 0 Å². The van der Waals surface area contributed by atoms with Crippen LogP contribution < -0.4 is 10.0 Å². The molecule has 0 unspecified atom stereocenters. The van der Waals surface area contributed by atoms with Crippen LogP contribution in [-0.4, -0.2) is 19.6 Å². The van der Waals surface area contributed by atoms with Crippen molar-refractivity contribution in [1.29, 1.82) is 0 Å². The van der Waals surface area contributed by atoms with E-state index in [9.17, 15) is 13.2 Å². The molecule has 2 N–H and O–H groups in total. The van der Waals surface area contributed by atoms with Crippen molar-refractivity contribution >= 4 is 39.1 Å². The van der Waals surface area contributed by atoms with E-state index in [-0.39, 0.29) is 16.1 Å². The quantitative estimate of drug-likeness (QED) is 0.876. The minimum absolute atomic E-state index is 0.121. The standard InChI is InChI=1S/C17H18N2O3S2/c1-10-4-5-11(2)14(8-10)19-24(21,22)13-6-7-16-15(9-13)18-17(20)12(3)23-16/h4-9,12,19H,1-3H3,(H,18,20)/t12-/m1/s1. The molecule has 0 saturated carbocycles. The van der Waals surface area contributed by atoms with Gasteiger partial charge in [0.15, 0.2) is 0 Å². The maximum atomic E-state index is 12.7. The second kappa shape index (κ2) is 6.14. The van der Waals surface area contributed by atoms with Crippen molar-refractivity contribution in [2.45, 2.75) is 35.8 Å². The van der Waals surface area contributed by atoms with Gasteiger partial charge in [0, 0.05) is 4.90 Å². The molecule has 0 fully saturated rings. The monoisotopic (exact) mass is 362 g/mol. The van der Waals surface area contributed by atoms with Gasteiger partial charge in [-0.15, -0.1) is 11.8 Å². The molecular formula is C17H18N2O3S2. The summed E-state index contributed by atoms with van der Waals surface area (Å²) < 4.78 is 28.0. The number of fused-ring (bicyclic) bond motifs is 1. The van der Waals surface area contributed by atoms with Gasteiger partial charge in [-0.2, -0.15) is 0 Å². The Labute approximate surface area is 145 Å². The molecular weight excluding hydrogens is 344 g/mol. The van der Waals surface area contributed by atoms with Gasteiger partial charge in [0.2, 0.25) is 5.91 Å². The second-order valence-corrected chi connectivity index (χ2v) is 8.90. The zero-order valence-electron chi connectivity index (χ0n) is 13.6. The van der Waals surface area contributed by atoms with Crippen LogP contribution in [0.5, 0.6) is 0 Å². The molecule has 1 amide bonds. The number of thioether (sulfide) groups is 1. The van der Waals surface area contributed by atoms with E-state index in [4.69, 9.17) is 0 Å². The number of rotatable bonds is 3. The average molecular weight is 362 g/mol. The van der Waals surface area contributed by atoms with Crippen LogP contribution in [0.3, 0.4) is 0 Å². The third-order valence-electron chi connectivity index (χ3n) is 3.83. The lowest BCUT2D eigenvalue weighted by Crippen LogP contribution is -2.26. The highest BCUT2D eigenvalue weighted by Gasteiger charge is 2.25. The molecule has 1 atom stereocenters. The molecule has 0 spiro atoms. The van der Waals surface area contributed by atoms with Gasteiger partial charge < -0.3 is 5.32 Å². The fourth-order valence-corrected chi connectivity index (χ4v) is 4.48. The SMILES string of the molecule is Cc1ccc(C)c(NS(=O)(=O)c2ccc3c(c2)NC(=O)[C@@H](C)S3)c1. The number of sulfonamides is 1. The second-order valence-electron chi connectivity index (χ2n) is 5.83. The number of hydrogen-bond acceptors (Lipinski definition) is 4. The van der Waals surface area contributed by atoms with E-state index in [0.717, 1.165) is 16.0 Å². The van der Waals surface area contributed by atoms with Crippen LogP contribution in [0.4, 0.5) is 11.4 Å². The van der Waals surface area contributed by atoms with E-state index in [0.29, 0.717) is 11.4 Å². The Bertz CT molecular complexity index is 923. The summed E-state index contributed by atoms with van der Waals surface area (Å²) >= 11 is 1.42. The lowest BCUT2D eigenvalue weighted by molar-refractivity contribution is -0.115. The zero-order valence-corrected chi connectivity index (χ0v) is 15.2. The maximum Gasteiger partial charge on any atom is 0.261 e. The Morgan fingerprint density at radius 3 is 2.62 bits per heavy atom. The van der Waals surface area contributed by atoms with E-state index in [2.05, 4.69) is 10.0 Å². The topological polar surface area (TPSA) is 75.3 Å². The minimum Gasteiger partial charge on any atom is -0.324 e. The molecule has 2 aromatic rings. The molecule has 1 aliphatic rings. The van der Waals surface area contributed by atoms with Crippen LogP contribution >= 0.6 is 11.8 Å². The highest BCUT2D eigenvalue weighted by molar-refractivity contribution is 8.01. The molecule has 0 saturated heterocycles. The number of aryl methyl sites for hydroxylation is 2. The zero-order chi connectivity index (χ0) is 17.5. The molecule has 0 aromatic heterocycles. The Balaban J connectivity index is 1.95. The van der Waals surface area contributed by atoms with Crippen molar-refractivity contribution in [3.8, 4) is 0 Å². The maximum absolute atomic E-state index is 12.7. The summed E-state index contributed by atoms with van der Waals surface area (Å²) in [5, 5.41) is 2.57. The Morgan fingerprint density at radius 1 is 1.12 bits per heavy atom. The summed E-state index contributed by atoms with van der Waals surface area (Å²) in [6, 6.07) is 10.4. The van der Waals surface area contributed by atoms with Crippen molar-refractivity contribution in [2.75, 3.05) is 10.0 Å². The van der Waals surface area contributed by atoms with Crippen LogP contribution in [0.1, 0.15) is 18.1 Å². The van der Waals surface area contributed by atoms with Gasteiger partial charge >= 0.3 is 0 Å². The van der Waals surface area contributed by atoms with Crippen LogP contribution in [0.2, 0.25) is 0 Å². The predicted octanol–water partition coefficient (Wildman–Crippen LogP) is 3.54. The van der Waals surface area contributed by atoms with Gasteiger partial charge in [0.05, 0.1) is 21.5 Å². The number of carbonyl (C=O) groups excluding carboxylic acids is 1. The van der Waals surface area contributed by atoms with Gasteiger partial charge in [-0.05, 0) is 56.2 Å². The van der Waals surface area contributed by atoms with Gasteiger partial charge in [0.25, 0.3) is 10.0 Å². The third-order valence-corrected chi connectivity index (χ3v) is 6.37. The molecule has 24 heavy (non-hydrogen) atoms. The van der Waals surface area contributed by atoms with Crippen LogP contribution in [-0.2, 0) is 14.8 Å². The predicted molar refractivity (Wildman–Crippen MR) is 97.1 cm³/mol. The smallest absolute Gasteiger partial charge is 0.261 e. The van der Waals surface area contributed by atoms with Crippen LogP contribution in [0.15, 0.2) is 46.2 Å². The fraction of sp³-hybridized carbons (Fsp3) is 0.235. The van der Waals surface area contributed by atoms with Gasteiger partial charge in [0.1, 0.15) is 0 Å². The van der Waals surface area contributed by atoms with Crippen molar-refractivity contribution < 1.29 is 13.2 Å². The summed E-state index contributed by atoms with van der Waals surface area (Å²) in [6.45, 7) is 5.57. The largest absolute Gasteiger partial charge is 0.324 e. The molecule has 3 rings (SSSR count). The molecule has 0 bridgehead atoms. The number of hydrogen-bond donors (Lipinski definition) is 2. The van der Waals surface area contributed by atoms with Gasteiger partial charge in [-0.25, -0.2) is 8.42 Å². The number of nitrogens with one attached hydrogen (secondary N) is 2. The molecule has 126 valence electrons. The van der Waals surface area contributed by atoms with Gasteiger partial charge in [-0.1, -0.05) is 12.1 Å². The summed E-state index contributed by atoms with van der Waals surface area (Å²) in [5.41, 5.74) is 2.91. The average Bonchev–Trinajstić information content (AvgIpc) is 2.51. The van der Waals surface area contributed by atoms with Crippen LogP contribution in [0.25, 0.3) is 0 Å². The molecule has 5 nitrogen and oxygen atoms in total. The van der Waals surface area contributed by atoms with E-state index in [1.807, 2.05) is 32.9 Å². The molecule has 0 radical (unpaired) electrons. The highest BCUT2D eigenvalue weighted by atomic mass is 32.2. The molecule has 0 aliphatic carbocycles. The van der Waals surface area contributed by atoms with Crippen molar-refractivity contribution in [2.24, 2.45) is 0 Å². The number of amides is 1. The van der Waals surface area contributed by atoms with Crippen molar-refractivity contribution in [3.05, 3.63) is 47.5 Å². The highest BCUT2D eigenvalue weighted by Crippen LogP contribution is 2.37.